The second kappa shape index (κ2) is 7.14. The first kappa shape index (κ1) is 18.8. The molecule has 0 aliphatic heterocycles. The van der Waals surface area contributed by atoms with Gasteiger partial charge in [-0.15, -0.1) is 0 Å². The highest BCUT2D eigenvalue weighted by molar-refractivity contribution is 6.43. The number of nitrogens with one attached hydrogen (secondary N) is 2. The molecular weight excluding hydrogens is 357 g/mol. The van der Waals surface area contributed by atoms with E-state index < -0.39 is 28.6 Å². The Morgan fingerprint density at radius 2 is 1.52 bits per heavy atom. The van der Waals surface area contributed by atoms with E-state index in [9.17, 15) is 22.8 Å². The van der Waals surface area contributed by atoms with E-state index in [-0.39, 0.29) is 5.69 Å². The summed E-state index contributed by atoms with van der Waals surface area (Å²) in [5, 5.41) is 4.09. The zero-order valence-corrected chi connectivity index (χ0v) is 14.0. The Bertz CT molecular complexity index is 815. The van der Waals surface area contributed by atoms with Crippen LogP contribution in [0.2, 0.25) is 5.02 Å². The van der Waals surface area contributed by atoms with E-state index in [1.807, 2.05) is 0 Å². The lowest BCUT2D eigenvalue weighted by Gasteiger charge is -2.13. The van der Waals surface area contributed by atoms with Gasteiger partial charge in [0.05, 0.1) is 10.6 Å². The van der Waals surface area contributed by atoms with Gasteiger partial charge in [-0.25, -0.2) is 0 Å². The lowest BCUT2D eigenvalue weighted by Crippen LogP contribution is -2.29. The third-order valence-corrected chi connectivity index (χ3v) is 3.79. The molecule has 0 aliphatic rings. The fourth-order valence-electron chi connectivity index (χ4n) is 2.19. The summed E-state index contributed by atoms with van der Waals surface area (Å²) in [4.78, 5) is 23.9. The monoisotopic (exact) mass is 370 g/mol. The standard InChI is InChI=1S/C17H14ClF3N2O2/c1-9-4-3-5-10(2)14(9)23-16(25)15(24)22-11-6-7-13(18)12(8-11)17(19,20)21/h3-8H,1-2H3,(H,22,24)(H,23,25). The molecule has 2 rings (SSSR count). The van der Waals surface area contributed by atoms with E-state index in [0.717, 1.165) is 17.2 Å². The topological polar surface area (TPSA) is 58.2 Å². The van der Waals surface area contributed by atoms with Gasteiger partial charge in [0.2, 0.25) is 0 Å². The van der Waals surface area contributed by atoms with Gasteiger partial charge in [0.25, 0.3) is 0 Å². The number of hydrogen-bond acceptors (Lipinski definition) is 2. The van der Waals surface area contributed by atoms with Crippen LogP contribution in [0.4, 0.5) is 24.5 Å². The summed E-state index contributed by atoms with van der Waals surface area (Å²) in [5.41, 5.74) is 0.717. The first-order chi connectivity index (χ1) is 11.6. The van der Waals surface area contributed by atoms with Crippen LogP contribution in [0.1, 0.15) is 16.7 Å². The van der Waals surface area contributed by atoms with Crippen LogP contribution in [0, 0.1) is 13.8 Å². The van der Waals surface area contributed by atoms with Crippen LogP contribution in [0.5, 0.6) is 0 Å². The maximum absolute atomic E-state index is 12.8. The Kier molecular flexibility index (Phi) is 5.37. The van der Waals surface area contributed by atoms with Crippen LogP contribution in [-0.2, 0) is 15.8 Å². The summed E-state index contributed by atoms with van der Waals surface area (Å²) >= 11 is 5.51. The van der Waals surface area contributed by atoms with Gasteiger partial charge < -0.3 is 10.6 Å². The molecule has 0 atom stereocenters. The second-order valence-electron chi connectivity index (χ2n) is 5.37. The zero-order valence-electron chi connectivity index (χ0n) is 13.3. The third kappa shape index (κ3) is 4.51. The molecule has 0 aromatic heterocycles. The number of aryl methyl sites for hydroxylation is 2. The van der Waals surface area contributed by atoms with E-state index in [1.54, 1.807) is 32.0 Å². The van der Waals surface area contributed by atoms with Crippen molar-refractivity contribution >= 4 is 34.8 Å². The largest absolute Gasteiger partial charge is 0.417 e. The fourth-order valence-corrected chi connectivity index (χ4v) is 2.41. The van der Waals surface area contributed by atoms with Crippen molar-refractivity contribution in [3.8, 4) is 0 Å². The van der Waals surface area contributed by atoms with Gasteiger partial charge in [-0.05, 0) is 43.2 Å². The Hall–Kier alpha value is -2.54. The van der Waals surface area contributed by atoms with E-state index >= 15 is 0 Å². The SMILES string of the molecule is Cc1cccc(C)c1NC(=O)C(=O)Nc1ccc(Cl)c(C(F)(F)F)c1. The minimum Gasteiger partial charge on any atom is -0.318 e. The number of amides is 2. The van der Waals surface area contributed by atoms with Gasteiger partial charge in [0, 0.05) is 11.4 Å². The Morgan fingerprint density at radius 3 is 2.08 bits per heavy atom. The van der Waals surface area contributed by atoms with Crippen LogP contribution in [-0.4, -0.2) is 11.8 Å². The van der Waals surface area contributed by atoms with Crippen molar-refractivity contribution in [2.45, 2.75) is 20.0 Å². The molecule has 0 saturated carbocycles. The summed E-state index contributed by atoms with van der Waals surface area (Å²) < 4.78 is 38.5. The maximum atomic E-state index is 12.8. The van der Waals surface area contributed by atoms with Gasteiger partial charge in [-0.2, -0.15) is 13.2 Å². The average molecular weight is 371 g/mol. The van der Waals surface area contributed by atoms with Gasteiger partial charge in [-0.1, -0.05) is 29.8 Å². The molecule has 25 heavy (non-hydrogen) atoms. The number of hydrogen-bond donors (Lipinski definition) is 2. The Balaban J connectivity index is 2.16. The number of halogens is 4. The molecule has 4 nitrogen and oxygen atoms in total. The molecule has 0 unspecified atom stereocenters. The second-order valence-corrected chi connectivity index (χ2v) is 5.77. The molecule has 2 N–H and O–H groups in total. The number of alkyl halides is 3. The molecule has 0 fully saturated rings. The van der Waals surface area contributed by atoms with Gasteiger partial charge >= 0.3 is 18.0 Å². The molecule has 2 aromatic carbocycles. The Labute approximate surface area is 147 Å². The summed E-state index contributed by atoms with van der Waals surface area (Å²) in [6.45, 7) is 3.52. The molecule has 0 spiro atoms. The molecule has 8 heteroatoms. The molecule has 132 valence electrons. The smallest absolute Gasteiger partial charge is 0.318 e. The van der Waals surface area contributed by atoms with E-state index in [1.165, 1.54) is 6.07 Å². The minimum absolute atomic E-state index is 0.182. The van der Waals surface area contributed by atoms with Gasteiger partial charge in [0.15, 0.2) is 0 Å². The summed E-state index contributed by atoms with van der Waals surface area (Å²) in [6.07, 6.45) is -4.67. The summed E-state index contributed by atoms with van der Waals surface area (Å²) in [7, 11) is 0. The van der Waals surface area contributed by atoms with E-state index in [0.29, 0.717) is 11.8 Å². The molecular formula is C17H14ClF3N2O2. The minimum atomic E-state index is -4.67. The highest BCUT2D eigenvalue weighted by Crippen LogP contribution is 2.36. The van der Waals surface area contributed by atoms with E-state index in [4.69, 9.17) is 11.6 Å². The molecule has 0 aliphatic carbocycles. The van der Waals surface area contributed by atoms with Crippen molar-refractivity contribution in [1.29, 1.82) is 0 Å². The number of anilines is 2. The van der Waals surface area contributed by atoms with Gasteiger partial charge in [-0.3, -0.25) is 9.59 Å². The number of rotatable bonds is 2. The third-order valence-electron chi connectivity index (χ3n) is 3.46. The molecule has 0 saturated heterocycles. The lowest BCUT2D eigenvalue weighted by atomic mass is 10.1. The number of benzene rings is 2. The number of carbonyl (C=O) groups is 2. The summed E-state index contributed by atoms with van der Waals surface area (Å²) in [5.74, 6) is -2.07. The van der Waals surface area contributed by atoms with Crippen molar-refractivity contribution in [2.75, 3.05) is 10.6 Å². The maximum Gasteiger partial charge on any atom is 0.417 e. The van der Waals surface area contributed by atoms with Gasteiger partial charge in [0.1, 0.15) is 0 Å². The van der Waals surface area contributed by atoms with Crippen molar-refractivity contribution in [2.24, 2.45) is 0 Å². The molecule has 0 heterocycles. The van der Waals surface area contributed by atoms with Crippen LogP contribution in [0.3, 0.4) is 0 Å². The highest BCUT2D eigenvalue weighted by Gasteiger charge is 2.33. The number of carbonyl (C=O) groups excluding carboxylic acids is 2. The van der Waals surface area contributed by atoms with Crippen molar-refractivity contribution < 1.29 is 22.8 Å². The van der Waals surface area contributed by atoms with E-state index in [2.05, 4.69) is 10.6 Å². The molecule has 0 radical (unpaired) electrons. The molecule has 0 bridgehead atoms. The van der Waals surface area contributed by atoms with Crippen LogP contribution in [0.25, 0.3) is 0 Å². The highest BCUT2D eigenvalue weighted by atomic mass is 35.5. The quantitative estimate of drug-likeness (QED) is 0.762. The lowest BCUT2D eigenvalue weighted by molar-refractivity contribution is -0.137. The molecule has 2 amide bonds. The van der Waals surface area contributed by atoms with Crippen LogP contribution >= 0.6 is 11.6 Å². The first-order valence-corrected chi connectivity index (χ1v) is 7.52. The van der Waals surface area contributed by atoms with Crippen LogP contribution in [0.15, 0.2) is 36.4 Å². The summed E-state index contributed by atoms with van der Waals surface area (Å²) in [6, 6.07) is 8.18. The predicted molar refractivity (Wildman–Crippen MR) is 89.6 cm³/mol. The van der Waals surface area contributed by atoms with Crippen LogP contribution < -0.4 is 10.6 Å². The Morgan fingerprint density at radius 1 is 0.960 bits per heavy atom. The van der Waals surface area contributed by atoms with Crippen molar-refractivity contribution in [3.63, 3.8) is 0 Å². The van der Waals surface area contributed by atoms with Crippen molar-refractivity contribution in [3.05, 3.63) is 58.1 Å². The zero-order chi connectivity index (χ0) is 18.8. The average Bonchev–Trinajstić information content (AvgIpc) is 2.51. The number of para-hydroxylation sites is 1. The fraction of sp³-hybridized carbons (Fsp3) is 0.176. The first-order valence-electron chi connectivity index (χ1n) is 7.15. The normalized spacial score (nSPS) is 11.1. The van der Waals surface area contributed by atoms with Crippen molar-refractivity contribution in [1.82, 2.24) is 0 Å². The molecule has 2 aromatic rings. The predicted octanol–water partition coefficient (Wildman–Crippen LogP) is 4.55.